The number of sulfonamides is 1. The van der Waals surface area contributed by atoms with Gasteiger partial charge in [-0.05, 0) is 40.6 Å². The molecule has 20 heavy (non-hydrogen) atoms. The second kappa shape index (κ2) is 6.71. The maximum absolute atomic E-state index is 12.2. The van der Waals surface area contributed by atoms with Crippen molar-refractivity contribution >= 4 is 10.0 Å². The molecule has 0 aliphatic rings. The van der Waals surface area contributed by atoms with Crippen LogP contribution < -0.4 is 10.0 Å². The zero-order chi connectivity index (χ0) is 15.4. The number of aromatic nitrogens is 1. The van der Waals surface area contributed by atoms with E-state index in [0.29, 0.717) is 13.1 Å². The van der Waals surface area contributed by atoms with Crippen LogP contribution in [-0.4, -0.2) is 51.0 Å². The lowest BCUT2D eigenvalue weighted by Crippen LogP contribution is -2.48. The molecule has 1 aromatic rings. The summed E-state index contributed by atoms with van der Waals surface area (Å²) < 4.78 is 27.1. The van der Waals surface area contributed by atoms with Crippen LogP contribution in [0.5, 0.6) is 0 Å². The van der Waals surface area contributed by atoms with Gasteiger partial charge in [-0.15, -0.1) is 0 Å². The Morgan fingerprint density at radius 3 is 2.55 bits per heavy atom. The Bertz CT molecular complexity index is 520. The Balaban J connectivity index is 2.72. The first-order valence-corrected chi connectivity index (χ1v) is 8.22. The van der Waals surface area contributed by atoms with Crippen molar-refractivity contribution in [1.82, 2.24) is 19.9 Å². The van der Waals surface area contributed by atoms with E-state index in [2.05, 4.69) is 15.0 Å². The van der Waals surface area contributed by atoms with Crippen LogP contribution >= 0.6 is 0 Å². The van der Waals surface area contributed by atoms with E-state index in [-0.39, 0.29) is 10.4 Å². The van der Waals surface area contributed by atoms with Crippen molar-refractivity contribution in [2.24, 2.45) is 0 Å². The molecule has 1 rings (SSSR count). The van der Waals surface area contributed by atoms with E-state index in [1.807, 2.05) is 39.8 Å². The van der Waals surface area contributed by atoms with Gasteiger partial charge in [0.2, 0.25) is 10.0 Å². The minimum atomic E-state index is -3.47. The third-order valence-corrected chi connectivity index (χ3v) is 4.88. The van der Waals surface area contributed by atoms with Crippen LogP contribution in [0.4, 0.5) is 0 Å². The molecule has 116 valence electrons. The van der Waals surface area contributed by atoms with Crippen LogP contribution in [0.2, 0.25) is 0 Å². The van der Waals surface area contributed by atoms with Gasteiger partial charge in [-0.3, -0.25) is 0 Å². The molecule has 1 heterocycles. The fraction of sp³-hybridized carbons (Fsp3) is 0.692. The number of hydrogen-bond acceptors (Lipinski definition) is 4. The van der Waals surface area contributed by atoms with Gasteiger partial charge in [-0.25, -0.2) is 13.1 Å². The van der Waals surface area contributed by atoms with Gasteiger partial charge in [-0.1, -0.05) is 6.92 Å². The Morgan fingerprint density at radius 2 is 2.00 bits per heavy atom. The van der Waals surface area contributed by atoms with Crippen LogP contribution in [0, 0.1) is 0 Å². The van der Waals surface area contributed by atoms with Crippen LogP contribution in [0.25, 0.3) is 0 Å². The molecule has 0 aliphatic carbocycles. The monoisotopic (exact) mass is 302 g/mol. The van der Waals surface area contributed by atoms with Crippen LogP contribution in [0.1, 0.15) is 26.5 Å². The Morgan fingerprint density at radius 1 is 1.35 bits per heavy atom. The summed E-state index contributed by atoms with van der Waals surface area (Å²) in [4.78, 5) is 5.24. The van der Waals surface area contributed by atoms with Gasteiger partial charge in [0.1, 0.15) is 0 Å². The average molecular weight is 302 g/mol. The molecule has 0 saturated carbocycles. The van der Waals surface area contributed by atoms with Crippen LogP contribution in [0.3, 0.4) is 0 Å². The summed E-state index contributed by atoms with van der Waals surface area (Å²) in [6.45, 7) is 7.82. The van der Waals surface area contributed by atoms with Crippen molar-refractivity contribution < 1.29 is 8.42 Å². The van der Waals surface area contributed by atoms with Crippen molar-refractivity contribution in [3.8, 4) is 0 Å². The molecule has 0 aliphatic heterocycles. The van der Waals surface area contributed by atoms with Crippen molar-refractivity contribution in [3.05, 3.63) is 18.0 Å². The summed E-state index contributed by atoms with van der Waals surface area (Å²) in [5.41, 5.74) is 0.620. The number of aromatic amines is 1. The van der Waals surface area contributed by atoms with Gasteiger partial charge in [0.25, 0.3) is 0 Å². The fourth-order valence-corrected chi connectivity index (χ4v) is 2.67. The second-order valence-corrected chi connectivity index (χ2v) is 7.44. The number of rotatable bonds is 8. The lowest BCUT2D eigenvalue weighted by Gasteiger charge is -2.32. The summed E-state index contributed by atoms with van der Waals surface area (Å²) >= 11 is 0. The highest BCUT2D eigenvalue weighted by Crippen LogP contribution is 2.13. The zero-order valence-electron chi connectivity index (χ0n) is 12.9. The summed E-state index contributed by atoms with van der Waals surface area (Å²) in [5.74, 6) is 0. The number of nitrogens with zero attached hydrogens (tertiary/aromatic N) is 1. The highest BCUT2D eigenvalue weighted by atomic mass is 32.2. The molecule has 0 amide bonds. The molecule has 0 saturated heterocycles. The summed E-state index contributed by atoms with van der Waals surface area (Å²) in [6.07, 6.45) is 1.53. The first-order valence-electron chi connectivity index (χ1n) is 6.74. The SMILES string of the molecule is CCNCc1cc(S(=O)(=O)NCC(C)(C)N(C)C)c[nH]1. The summed E-state index contributed by atoms with van der Waals surface area (Å²) in [6, 6.07) is 1.66. The van der Waals surface area contributed by atoms with E-state index in [4.69, 9.17) is 0 Å². The largest absolute Gasteiger partial charge is 0.363 e. The van der Waals surface area contributed by atoms with Crippen molar-refractivity contribution in [2.75, 3.05) is 27.2 Å². The molecule has 6 nitrogen and oxygen atoms in total. The van der Waals surface area contributed by atoms with E-state index >= 15 is 0 Å². The van der Waals surface area contributed by atoms with Gasteiger partial charge in [0.15, 0.2) is 0 Å². The first kappa shape index (κ1) is 17.2. The van der Waals surface area contributed by atoms with Crippen LogP contribution in [-0.2, 0) is 16.6 Å². The number of hydrogen-bond donors (Lipinski definition) is 3. The van der Waals surface area contributed by atoms with Crippen molar-refractivity contribution in [3.63, 3.8) is 0 Å². The Kier molecular flexibility index (Phi) is 5.76. The summed E-state index contributed by atoms with van der Waals surface area (Å²) in [7, 11) is 0.392. The quantitative estimate of drug-likeness (QED) is 0.662. The van der Waals surface area contributed by atoms with Gasteiger partial charge in [0, 0.05) is 30.5 Å². The first-order chi connectivity index (χ1) is 9.19. The predicted molar refractivity (Wildman–Crippen MR) is 81.1 cm³/mol. The van der Waals surface area contributed by atoms with E-state index < -0.39 is 10.0 Å². The normalized spacial score (nSPS) is 13.1. The Hall–Kier alpha value is -0.890. The second-order valence-electron chi connectivity index (χ2n) is 5.67. The van der Waals surface area contributed by atoms with E-state index in [0.717, 1.165) is 12.2 Å². The lowest BCUT2D eigenvalue weighted by atomic mass is 10.1. The third kappa shape index (κ3) is 4.59. The molecule has 0 radical (unpaired) electrons. The predicted octanol–water partition coefficient (Wildman–Crippen LogP) is 0.743. The summed E-state index contributed by atoms with van der Waals surface area (Å²) in [5, 5.41) is 3.15. The molecule has 0 bridgehead atoms. The topological polar surface area (TPSA) is 77.2 Å². The standard InChI is InChI=1S/C13H26N4O2S/c1-6-14-8-11-7-12(9-15-11)20(18,19)16-10-13(2,3)17(4)5/h7,9,14-16H,6,8,10H2,1-5H3. The molecule has 0 atom stereocenters. The maximum atomic E-state index is 12.2. The lowest BCUT2D eigenvalue weighted by molar-refractivity contribution is 0.199. The minimum Gasteiger partial charge on any atom is -0.363 e. The van der Waals surface area contributed by atoms with Crippen molar-refractivity contribution in [2.45, 2.75) is 37.8 Å². The molecular weight excluding hydrogens is 276 g/mol. The van der Waals surface area contributed by atoms with Crippen molar-refractivity contribution in [1.29, 1.82) is 0 Å². The molecule has 7 heteroatoms. The molecule has 0 spiro atoms. The van der Waals surface area contributed by atoms with Gasteiger partial charge < -0.3 is 15.2 Å². The van der Waals surface area contributed by atoms with Gasteiger partial charge in [-0.2, -0.15) is 0 Å². The van der Waals surface area contributed by atoms with E-state index in [1.165, 1.54) is 6.20 Å². The minimum absolute atomic E-state index is 0.240. The van der Waals surface area contributed by atoms with Gasteiger partial charge >= 0.3 is 0 Å². The smallest absolute Gasteiger partial charge is 0.242 e. The van der Waals surface area contributed by atoms with Crippen LogP contribution in [0.15, 0.2) is 17.2 Å². The highest BCUT2D eigenvalue weighted by molar-refractivity contribution is 7.89. The molecule has 1 aromatic heterocycles. The number of H-pyrrole nitrogens is 1. The highest BCUT2D eigenvalue weighted by Gasteiger charge is 2.24. The molecule has 0 unspecified atom stereocenters. The molecule has 0 fully saturated rings. The third-order valence-electron chi connectivity index (χ3n) is 3.50. The molecular formula is C13H26N4O2S. The average Bonchev–Trinajstić information content (AvgIpc) is 2.83. The van der Waals surface area contributed by atoms with E-state index in [9.17, 15) is 8.42 Å². The Labute approximate surface area is 122 Å². The maximum Gasteiger partial charge on any atom is 0.242 e. The fourth-order valence-electron chi connectivity index (χ4n) is 1.45. The molecule has 0 aromatic carbocycles. The van der Waals surface area contributed by atoms with Gasteiger partial charge in [0.05, 0.1) is 4.90 Å². The number of nitrogens with one attached hydrogen (secondary N) is 3. The van der Waals surface area contributed by atoms with E-state index in [1.54, 1.807) is 6.07 Å². The number of likely N-dealkylation sites (N-methyl/N-ethyl adjacent to an activating group) is 1. The molecule has 3 N–H and O–H groups in total. The zero-order valence-corrected chi connectivity index (χ0v) is 13.8.